The van der Waals surface area contributed by atoms with Gasteiger partial charge in [0, 0.05) is 36.3 Å². The highest BCUT2D eigenvalue weighted by Gasteiger charge is 1.96. The van der Waals surface area contributed by atoms with Gasteiger partial charge in [0.15, 0.2) is 0 Å². The number of hydrogen-bond acceptors (Lipinski definition) is 2. The van der Waals surface area contributed by atoms with Crippen molar-refractivity contribution in [2.24, 2.45) is 0 Å². The van der Waals surface area contributed by atoms with Crippen LogP contribution in [0.2, 0.25) is 0 Å². The summed E-state index contributed by atoms with van der Waals surface area (Å²) in [6, 6.07) is 8.16. The fraction of sp³-hybridized carbons (Fsp3) is 0.214. The Labute approximate surface area is 95.7 Å². The van der Waals surface area contributed by atoms with Crippen LogP contribution in [0.3, 0.4) is 0 Å². The van der Waals surface area contributed by atoms with E-state index in [1.807, 2.05) is 31.4 Å². The van der Waals surface area contributed by atoms with E-state index in [0.717, 1.165) is 23.9 Å². The Morgan fingerprint density at radius 1 is 1.31 bits per heavy atom. The largest absolute Gasteiger partial charge is 0.319 e. The number of fused-ring (bicyclic) bond motifs is 1. The highest BCUT2D eigenvalue weighted by molar-refractivity contribution is 5.87. The summed E-state index contributed by atoms with van der Waals surface area (Å²) in [7, 11) is 1.93. The second-order valence-electron chi connectivity index (χ2n) is 3.56. The normalized spacial score (nSPS) is 9.81. The Kier molecular flexibility index (Phi) is 3.53. The molecule has 1 aromatic heterocycles. The van der Waals surface area contributed by atoms with E-state index in [1.165, 1.54) is 5.39 Å². The van der Waals surface area contributed by atoms with Crippen LogP contribution in [0.15, 0.2) is 36.7 Å². The molecule has 1 N–H and O–H groups in total. The van der Waals surface area contributed by atoms with Crippen molar-refractivity contribution in [3.63, 3.8) is 0 Å². The maximum Gasteiger partial charge on any atom is 0.0358 e. The van der Waals surface area contributed by atoms with Crippen LogP contribution in [0.5, 0.6) is 0 Å². The monoisotopic (exact) mass is 210 g/mol. The van der Waals surface area contributed by atoms with Crippen LogP contribution in [0.1, 0.15) is 12.0 Å². The van der Waals surface area contributed by atoms with Gasteiger partial charge in [-0.05, 0) is 24.6 Å². The molecule has 0 bridgehead atoms. The second kappa shape index (κ2) is 5.29. The highest BCUT2D eigenvalue weighted by Crippen LogP contribution is 2.15. The topological polar surface area (TPSA) is 24.9 Å². The number of hydrogen-bond donors (Lipinski definition) is 1. The van der Waals surface area contributed by atoms with Crippen LogP contribution < -0.4 is 5.32 Å². The van der Waals surface area contributed by atoms with Gasteiger partial charge in [0.2, 0.25) is 0 Å². The molecule has 0 aliphatic carbocycles. The third kappa shape index (κ3) is 2.39. The lowest BCUT2D eigenvalue weighted by Gasteiger charge is -1.98. The van der Waals surface area contributed by atoms with Crippen molar-refractivity contribution in [3.05, 3.63) is 42.2 Å². The van der Waals surface area contributed by atoms with Gasteiger partial charge >= 0.3 is 0 Å². The van der Waals surface area contributed by atoms with Crippen LogP contribution in [-0.2, 0) is 0 Å². The summed E-state index contributed by atoms with van der Waals surface area (Å²) in [5, 5.41) is 5.39. The third-order valence-electron chi connectivity index (χ3n) is 2.41. The minimum absolute atomic E-state index is 0.868. The number of benzene rings is 1. The lowest BCUT2D eigenvalue weighted by atomic mass is 10.1. The van der Waals surface area contributed by atoms with Crippen LogP contribution >= 0.6 is 0 Å². The molecule has 1 aromatic carbocycles. The molecule has 2 heteroatoms. The number of nitrogens with one attached hydrogen (secondary N) is 1. The van der Waals surface area contributed by atoms with E-state index < -0.39 is 0 Å². The minimum Gasteiger partial charge on any atom is -0.319 e. The number of aromatic nitrogens is 1. The molecule has 2 rings (SSSR count). The van der Waals surface area contributed by atoms with Crippen molar-refractivity contribution in [1.82, 2.24) is 10.3 Å². The fourth-order valence-corrected chi connectivity index (χ4v) is 1.57. The van der Waals surface area contributed by atoms with Crippen molar-refractivity contribution in [2.75, 3.05) is 13.6 Å². The van der Waals surface area contributed by atoms with E-state index in [9.17, 15) is 0 Å². The first kappa shape index (κ1) is 10.7. The molecule has 2 nitrogen and oxygen atoms in total. The van der Waals surface area contributed by atoms with E-state index in [4.69, 9.17) is 0 Å². The molecule has 0 saturated carbocycles. The van der Waals surface area contributed by atoms with Gasteiger partial charge in [-0.2, -0.15) is 0 Å². The average Bonchev–Trinajstić information content (AvgIpc) is 2.35. The summed E-state index contributed by atoms with van der Waals surface area (Å²) in [5.41, 5.74) is 1.06. The first-order chi connectivity index (χ1) is 7.92. The van der Waals surface area contributed by atoms with Crippen LogP contribution in [-0.4, -0.2) is 18.6 Å². The van der Waals surface area contributed by atoms with Crippen molar-refractivity contribution < 1.29 is 0 Å². The van der Waals surface area contributed by atoms with Gasteiger partial charge in [-0.15, -0.1) is 0 Å². The molecule has 0 aliphatic heterocycles. The molecular weight excluding hydrogens is 196 g/mol. The Hall–Kier alpha value is -1.85. The van der Waals surface area contributed by atoms with Gasteiger partial charge < -0.3 is 5.32 Å². The van der Waals surface area contributed by atoms with Crippen molar-refractivity contribution in [3.8, 4) is 11.8 Å². The fourth-order valence-electron chi connectivity index (χ4n) is 1.57. The van der Waals surface area contributed by atoms with Crippen molar-refractivity contribution in [1.29, 1.82) is 0 Å². The van der Waals surface area contributed by atoms with Crippen molar-refractivity contribution >= 4 is 10.8 Å². The first-order valence-corrected chi connectivity index (χ1v) is 5.38. The van der Waals surface area contributed by atoms with E-state index in [0.29, 0.717) is 0 Å². The highest BCUT2D eigenvalue weighted by atomic mass is 14.8. The van der Waals surface area contributed by atoms with Gasteiger partial charge in [-0.3, -0.25) is 4.98 Å². The Morgan fingerprint density at radius 3 is 3.12 bits per heavy atom. The standard InChI is InChI=1S/C14H14N2/c1-15-9-3-2-5-12-6-4-7-13-8-10-16-11-14(12)13/h4,6-8,10-11,15H,3,9H2,1H3. The summed E-state index contributed by atoms with van der Waals surface area (Å²) in [6.07, 6.45) is 4.55. The molecule has 1 heterocycles. The minimum atomic E-state index is 0.868. The quantitative estimate of drug-likeness (QED) is 0.607. The molecule has 0 saturated heterocycles. The lowest BCUT2D eigenvalue weighted by Crippen LogP contribution is -2.05. The summed E-state index contributed by atoms with van der Waals surface area (Å²) in [6.45, 7) is 0.927. The molecule has 16 heavy (non-hydrogen) atoms. The smallest absolute Gasteiger partial charge is 0.0358 e. The molecule has 0 unspecified atom stereocenters. The molecular formula is C14H14N2. The zero-order valence-electron chi connectivity index (χ0n) is 9.33. The maximum atomic E-state index is 4.14. The van der Waals surface area contributed by atoms with Crippen LogP contribution in [0, 0.1) is 11.8 Å². The maximum absolute atomic E-state index is 4.14. The van der Waals surface area contributed by atoms with Gasteiger partial charge in [0.05, 0.1) is 0 Å². The molecule has 80 valence electrons. The van der Waals surface area contributed by atoms with E-state index in [-0.39, 0.29) is 0 Å². The van der Waals surface area contributed by atoms with Gasteiger partial charge in [-0.1, -0.05) is 24.0 Å². The third-order valence-corrected chi connectivity index (χ3v) is 2.41. The molecule has 0 fully saturated rings. The summed E-state index contributed by atoms with van der Waals surface area (Å²) >= 11 is 0. The molecule has 0 spiro atoms. The summed E-state index contributed by atoms with van der Waals surface area (Å²) in [4.78, 5) is 4.14. The number of nitrogens with zero attached hydrogens (tertiary/aromatic N) is 1. The van der Waals surface area contributed by atoms with Crippen molar-refractivity contribution in [2.45, 2.75) is 6.42 Å². The Bertz CT molecular complexity index is 530. The van der Waals surface area contributed by atoms with E-state index in [1.54, 1.807) is 6.20 Å². The Balaban J connectivity index is 2.32. The second-order valence-corrected chi connectivity index (χ2v) is 3.56. The number of pyridine rings is 1. The van der Waals surface area contributed by atoms with E-state index in [2.05, 4.69) is 28.2 Å². The lowest BCUT2D eigenvalue weighted by molar-refractivity contribution is 0.818. The molecule has 2 aromatic rings. The van der Waals surface area contributed by atoms with Gasteiger partial charge in [0.1, 0.15) is 0 Å². The SMILES string of the molecule is CNCCC#Cc1cccc2ccncc12. The average molecular weight is 210 g/mol. The molecule has 0 atom stereocenters. The zero-order valence-corrected chi connectivity index (χ0v) is 9.33. The summed E-state index contributed by atoms with van der Waals surface area (Å²) in [5.74, 6) is 6.35. The van der Waals surface area contributed by atoms with Gasteiger partial charge in [-0.25, -0.2) is 0 Å². The van der Waals surface area contributed by atoms with E-state index >= 15 is 0 Å². The predicted molar refractivity (Wildman–Crippen MR) is 67.2 cm³/mol. The molecule has 0 aliphatic rings. The summed E-state index contributed by atoms with van der Waals surface area (Å²) < 4.78 is 0. The van der Waals surface area contributed by atoms with Crippen LogP contribution in [0.25, 0.3) is 10.8 Å². The Morgan fingerprint density at radius 2 is 2.25 bits per heavy atom. The zero-order chi connectivity index (χ0) is 11.2. The number of rotatable bonds is 2. The molecule has 0 amide bonds. The van der Waals surface area contributed by atoms with Gasteiger partial charge in [0.25, 0.3) is 0 Å². The molecule has 0 radical (unpaired) electrons. The first-order valence-electron chi connectivity index (χ1n) is 5.38. The van der Waals surface area contributed by atoms with Crippen LogP contribution in [0.4, 0.5) is 0 Å². The predicted octanol–water partition coefficient (Wildman–Crippen LogP) is 2.20.